The normalized spacial score (nSPS) is 10.8. The highest BCUT2D eigenvalue weighted by molar-refractivity contribution is 9.10. The number of anilines is 2. The van der Waals surface area contributed by atoms with Crippen LogP contribution in [0.25, 0.3) is 10.2 Å². The third-order valence-electron chi connectivity index (χ3n) is 2.47. The summed E-state index contributed by atoms with van der Waals surface area (Å²) in [4.78, 5) is 4.52. The molecule has 2 nitrogen and oxygen atoms in total. The van der Waals surface area contributed by atoms with Crippen LogP contribution in [0.15, 0.2) is 46.9 Å². The van der Waals surface area contributed by atoms with E-state index in [-0.39, 0.29) is 0 Å². The van der Waals surface area contributed by atoms with E-state index in [1.807, 2.05) is 42.5 Å². The molecular weight excluding hydrogens is 332 g/mol. The van der Waals surface area contributed by atoms with Gasteiger partial charge in [0.15, 0.2) is 5.13 Å². The predicted octanol–water partition coefficient (Wildman–Crippen LogP) is 5.46. The molecule has 5 heteroatoms. The lowest BCUT2D eigenvalue weighted by molar-refractivity contribution is 1.43. The number of benzene rings is 2. The molecule has 0 atom stereocenters. The van der Waals surface area contributed by atoms with Crippen LogP contribution < -0.4 is 5.32 Å². The molecule has 0 aliphatic heterocycles. The van der Waals surface area contributed by atoms with E-state index >= 15 is 0 Å². The molecule has 0 saturated heterocycles. The summed E-state index contributed by atoms with van der Waals surface area (Å²) in [7, 11) is 0. The Morgan fingerprint density at radius 3 is 2.83 bits per heavy atom. The zero-order valence-electron chi connectivity index (χ0n) is 9.15. The summed E-state index contributed by atoms with van der Waals surface area (Å²) in [5, 5.41) is 4.89. The minimum Gasteiger partial charge on any atom is -0.331 e. The molecule has 0 aliphatic rings. The van der Waals surface area contributed by atoms with Crippen LogP contribution in [-0.4, -0.2) is 4.98 Å². The van der Waals surface area contributed by atoms with Crippen LogP contribution in [0.4, 0.5) is 10.8 Å². The highest BCUT2D eigenvalue weighted by Crippen LogP contribution is 2.32. The van der Waals surface area contributed by atoms with E-state index in [1.165, 1.54) is 0 Å². The first-order chi connectivity index (χ1) is 8.72. The average molecular weight is 340 g/mol. The molecular formula is C13H8BrClN2S. The SMILES string of the molecule is Clc1ccc2nc(Nc3ccccc3Br)sc2c1. The second-order valence-electron chi connectivity index (χ2n) is 3.74. The van der Waals surface area contributed by atoms with Gasteiger partial charge in [-0.25, -0.2) is 4.98 Å². The van der Waals surface area contributed by atoms with Gasteiger partial charge in [0, 0.05) is 9.50 Å². The fourth-order valence-electron chi connectivity index (χ4n) is 1.63. The van der Waals surface area contributed by atoms with Crippen LogP contribution >= 0.6 is 38.9 Å². The van der Waals surface area contributed by atoms with Crippen molar-refractivity contribution in [1.82, 2.24) is 4.98 Å². The number of nitrogens with one attached hydrogen (secondary N) is 1. The molecule has 90 valence electrons. The first-order valence-electron chi connectivity index (χ1n) is 5.30. The largest absolute Gasteiger partial charge is 0.331 e. The van der Waals surface area contributed by atoms with Crippen molar-refractivity contribution in [3.63, 3.8) is 0 Å². The van der Waals surface area contributed by atoms with Crippen molar-refractivity contribution >= 4 is 59.9 Å². The maximum Gasteiger partial charge on any atom is 0.188 e. The van der Waals surface area contributed by atoms with Gasteiger partial charge in [-0.3, -0.25) is 0 Å². The number of fused-ring (bicyclic) bond motifs is 1. The van der Waals surface area contributed by atoms with Gasteiger partial charge in [0.2, 0.25) is 0 Å². The summed E-state index contributed by atoms with van der Waals surface area (Å²) < 4.78 is 2.10. The highest BCUT2D eigenvalue weighted by atomic mass is 79.9. The number of aromatic nitrogens is 1. The van der Waals surface area contributed by atoms with Gasteiger partial charge in [0.1, 0.15) is 0 Å². The second kappa shape index (κ2) is 4.88. The summed E-state index contributed by atoms with van der Waals surface area (Å²) in [6, 6.07) is 13.7. The molecule has 18 heavy (non-hydrogen) atoms. The third kappa shape index (κ3) is 2.36. The van der Waals surface area contributed by atoms with Crippen molar-refractivity contribution in [3.05, 3.63) is 52.0 Å². The minimum atomic E-state index is 0.735. The molecule has 3 rings (SSSR count). The van der Waals surface area contributed by atoms with E-state index in [4.69, 9.17) is 11.6 Å². The van der Waals surface area contributed by atoms with E-state index in [0.29, 0.717) is 0 Å². The number of halogens is 2. The fraction of sp³-hybridized carbons (Fsp3) is 0. The van der Waals surface area contributed by atoms with Crippen LogP contribution in [-0.2, 0) is 0 Å². The maximum absolute atomic E-state index is 5.96. The van der Waals surface area contributed by atoms with Crippen LogP contribution in [0.5, 0.6) is 0 Å². The third-order valence-corrected chi connectivity index (χ3v) is 4.33. The Labute approximate surface area is 122 Å². The Kier molecular flexibility index (Phi) is 3.24. The quantitative estimate of drug-likeness (QED) is 0.671. The molecule has 1 aromatic heterocycles. The van der Waals surface area contributed by atoms with Crippen molar-refractivity contribution in [2.75, 3.05) is 5.32 Å². The molecule has 1 N–H and O–H groups in total. The van der Waals surface area contributed by atoms with E-state index < -0.39 is 0 Å². The van der Waals surface area contributed by atoms with Gasteiger partial charge < -0.3 is 5.32 Å². The monoisotopic (exact) mass is 338 g/mol. The number of rotatable bonds is 2. The van der Waals surface area contributed by atoms with Crippen LogP contribution in [0, 0.1) is 0 Å². The first-order valence-corrected chi connectivity index (χ1v) is 7.29. The summed E-state index contributed by atoms with van der Waals surface area (Å²) in [5.41, 5.74) is 1.96. The van der Waals surface area contributed by atoms with E-state index in [1.54, 1.807) is 11.3 Å². The Morgan fingerprint density at radius 1 is 1.17 bits per heavy atom. The average Bonchev–Trinajstić information content (AvgIpc) is 2.73. The summed E-state index contributed by atoms with van der Waals surface area (Å²) >= 11 is 11.1. The lowest BCUT2D eigenvalue weighted by Gasteiger charge is -2.03. The van der Waals surface area contributed by atoms with Crippen molar-refractivity contribution in [2.45, 2.75) is 0 Å². The molecule has 3 aromatic rings. The summed E-state index contributed by atoms with van der Waals surface area (Å²) in [6.07, 6.45) is 0. The molecule has 2 aromatic carbocycles. The number of para-hydroxylation sites is 1. The number of thiazole rings is 1. The second-order valence-corrected chi connectivity index (χ2v) is 6.06. The molecule has 0 fully saturated rings. The maximum atomic E-state index is 5.96. The van der Waals surface area contributed by atoms with E-state index in [9.17, 15) is 0 Å². The van der Waals surface area contributed by atoms with Gasteiger partial charge in [0.05, 0.1) is 15.9 Å². The van der Waals surface area contributed by atoms with Gasteiger partial charge in [-0.05, 0) is 46.3 Å². The Hall–Kier alpha value is -1.10. The molecule has 0 amide bonds. The Balaban J connectivity index is 1.98. The lowest BCUT2D eigenvalue weighted by Crippen LogP contribution is -1.89. The summed E-state index contributed by atoms with van der Waals surface area (Å²) in [6.45, 7) is 0. The van der Waals surface area contributed by atoms with Crippen LogP contribution in [0.1, 0.15) is 0 Å². The topological polar surface area (TPSA) is 24.9 Å². The van der Waals surface area contributed by atoms with E-state index in [2.05, 4.69) is 26.2 Å². The van der Waals surface area contributed by atoms with Gasteiger partial charge in [-0.15, -0.1) is 0 Å². The molecule has 0 unspecified atom stereocenters. The van der Waals surface area contributed by atoms with Crippen LogP contribution in [0.3, 0.4) is 0 Å². The number of hydrogen-bond donors (Lipinski definition) is 1. The fourth-order valence-corrected chi connectivity index (χ4v) is 3.17. The highest BCUT2D eigenvalue weighted by Gasteiger charge is 2.06. The molecule has 0 spiro atoms. The zero-order chi connectivity index (χ0) is 12.5. The number of nitrogens with zero attached hydrogens (tertiary/aromatic N) is 1. The molecule has 0 radical (unpaired) electrons. The zero-order valence-corrected chi connectivity index (χ0v) is 12.3. The predicted molar refractivity (Wildman–Crippen MR) is 82.1 cm³/mol. The minimum absolute atomic E-state index is 0.735. The number of hydrogen-bond acceptors (Lipinski definition) is 3. The summed E-state index contributed by atoms with van der Waals surface area (Å²) in [5.74, 6) is 0. The molecule has 0 aliphatic carbocycles. The van der Waals surface area contributed by atoms with Crippen LogP contribution in [0.2, 0.25) is 5.02 Å². The lowest BCUT2D eigenvalue weighted by atomic mass is 10.3. The van der Waals surface area contributed by atoms with Crippen molar-refractivity contribution in [2.24, 2.45) is 0 Å². The van der Waals surface area contributed by atoms with Gasteiger partial charge in [0.25, 0.3) is 0 Å². The van der Waals surface area contributed by atoms with E-state index in [0.717, 1.165) is 30.5 Å². The van der Waals surface area contributed by atoms with Crippen molar-refractivity contribution in [1.29, 1.82) is 0 Å². The molecule has 0 saturated carbocycles. The Morgan fingerprint density at radius 2 is 2.00 bits per heavy atom. The molecule has 0 bridgehead atoms. The Bertz CT molecular complexity index is 711. The van der Waals surface area contributed by atoms with Gasteiger partial charge >= 0.3 is 0 Å². The molecule has 1 heterocycles. The standard InChI is InChI=1S/C13H8BrClN2S/c14-9-3-1-2-4-10(9)16-13-17-11-6-5-8(15)7-12(11)18-13/h1-7H,(H,16,17). The van der Waals surface area contributed by atoms with Crippen molar-refractivity contribution in [3.8, 4) is 0 Å². The smallest absolute Gasteiger partial charge is 0.188 e. The van der Waals surface area contributed by atoms with Crippen molar-refractivity contribution < 1.29 is 0 Å². The van der Waals surface area contributed by atoms with Gasteiger partial charge in [-0.2, -0.15) is 0 Å². The first kappa shape index (κ1) is 12.0. The van der Waals surface area contributed by atoms with Gasteiger partial charge in [-0.1, -0.05) is 35.1 Å².